The molecule has 1 fully saturated rings. The summed E-state index contributed by atoms with van der Waals surface area (Å²) in [5, 5.41) is 11.9. The summed E-state index contributed by atoms with van der Waals surface area (Å²) in [5.74, 6) is -1.06. The molecule has 3 aromatic rings. The molecule has 0 saturated carbocycles. The first-order valence-electron chi connectivity index (χ1n) is 9.81. The number of aryl methyl sites for hydroxylation is 2. The normalized spacial score (nSPS) is 17.6. The van der Waals surface area contributed by atoms with Crippen molar-refractivity contribution < 1.29 is 23.8 Å². The van der Waals surface area contributed by atoms with Crippen molar-refractivity contribution in [2.24, 2.45) is 0 Å². The van der Waals surface area contributed by atoms with E-state index in [9.17, 15) is 14.7 Å². The predicted octanol–water partition coefficient (Wildman–Crippen LogP) is 6.49. The molecule has 1 saturated heterocycles. The zero-order valence-corrected chi connectivity index (χ0v) is 20.0. The molecule has 170 valence electrons. The number of aliphatic hydroxyl groups is 1. The van der Waals surface area contributed by atoms with E-state index in [4.69, 9.17) is 44.0 Å². The highest BCUT2D eigenvalue weighted by Crippen LogP contribution is 2.44. The van der Waals surface area contributed by atoms with Gasteiger partial charge in [-0.05, 0) is 55.8 Å². The van der Waals surface area contributed by atoms with Crippen LogP contribution >= 0.6 is 34.8 Å². The van der Waals surface area contributed by atoms with Crippen LogP contribution in [-0.2, 0) is 9.59 Å². The van der Waals surface area contributed by atoms with Gasteiger partial charge in [-0.2, -0.15) is 0 Å². The first-order valence-corrected chi connectivity index (χ1v) is 10.9. The molecule has 0 radical (unpaired) electrons. The third-order valence-corrected chi connectivity index (χ3v) is 6.35. The summed E-state index contributed by atoms with van der Waals surface area (Å²) in [6, 6.07) is 10.1. The molecule has 6 nitrogen and oxygen atoms in total. The zero-order valence-electron chi connectivity index (χ0n) is 17.8. The lowest BCUT2D eigenvalue weighted by atomic mass is 9.99. The van der Waals surface area contributed by atoms with Crippen LogP contribution in [0, 0.1) is 13.8 Å². The number of nitrogens with zero attached hydrogens (tertiary/aromatic N) is 1. The van der Waals surface area contributed by atoms with Crippen LogP contribution in [0.15, 0.2) is 52.5 Å². The van der Waals surface area contributed by atoms with Gasteiger partial charge in [-0.15, -0.1) is 0 Å². The number of rotatable bonds is 4. The van der Waals surface area contributed by atoms with Crippen LogP contribution in [0.5, 0.6) is 5.75 Å². The third-order valence-electron chi connectivity index (χ3n) is 5.38. The highest BCUT2D eigenvalue weighted by molar-refractivity contribution is 6.52. The van der Waals surface area contributed by atoms with E-state index in [0.717, 1.165) is 5.56 Å². The summed E-state index contributed by atoms with van der Waals surface area (Å²) in [6.45, 7) is 3.56. The largest absolute Gasteiger partial charge is 0.507 e. The van der Waals surface area contributed by atoms with Crippen molar-refractivity contribution in [3.8, 4) is 5.75 Å². The first-order chi connectivity index (χ1) is 15.6. The standard InChI is InChI=1S/C24H18Cl3NO5/c1-11-4-6-14(10-15(11)25)28-20(18-7-5-12(2)33-18)19(22(30)24(28)31)21(29)13-8-16(26)23(32-3)17(27)9-13/h4-10,20,29H,1-3H3/b21-19-. The summed E-state index contributed by atoms with van der Waals surface area (Å²) in [6.07, 6.45) is 0. The Bertz CT molecular complexity index is 1300. The number of methoxy groups -OCH3 is 1. The third kappa shape index (κ3) is 3.99. The monoisotopic (exact) mass is 505 g/mol. The SMILES string of the molecule is COc1c(Cl)cc(/C(O)=C2/C(=O)C(=O)N(c3ccc(C)c(Cl)c3)C2c2ccc(C)o2)cc1Cl. The Morgan fingerprint density at radius 1 is 1.00 bits per heavy atom. The maximum atomic E-state index is 13.2. The minimum absolute atomic E-state index is 0.136. The summed E-state index contributed by atoms with van der Waals surface area (Å²) in [7, 11) is 1.41. The Labute approximate surface area is 204 Å². The molecular formula is C24H18Cl3NO5. The Morgan fingerprint density at radius 2 is 1.67 bits per heavy atom. The lowest BCUT2D eigenvalue weighted by Gasteiger charge is -2.24. The topological polar surface area (TPSA) is 80.0 Å². The molecule has 2 heterocycles. The second kappa shape index (κ2) is 8.78. The van der Waals surface area contributed by atoms with Crippen molar-refractivity contribution >= 4 is 57.9 Å². The fraction of sp³-hybridized carbons (Fsp3) is 0.167. The second-order valence-corrected chi connectivity index (χ2v) is 8.75. The second-order valence-electron chi connectivity index (χ2n) is 7.52. The van der Waals surface area contributed by atoms with Gasteiger partial charge in [0.2, 0.25) is 0 Å². The molecule has 0 aliphatic carbocycles. The highest BCUT2D eigenvalue weighted by atomic mass is 35.5. The van der Waals surface area contributed by atoms with Crippen molar-refractivity contribution in [2.75, 3.05) is 12.0 Å². The van der Waals surface area contributed by atoms with Gasteiger partial charge in [0, 0.05) is 16.3 Å². The number of carbonyl (C=O) groups is 2. The number of Topliss-reactive ketones (excluding diaryl/α,β-unsaturated/α-hetero) is 1. The molecule has 2 aromatic carbocycles. The van der Waals surface area contributed by atoms with E-state index < -0.39 is 23.5 Å². The highest BCUT2D eigenvalue weighted by Gasteiger charge is 2.48. The maximum absolute atomic E-state index is 13.2. The van der Waals surface area contributed by atoms with Crippen LogP contribution in [0.3, 0.4) is 0 Å². The smallest absolute Gasteiger partial charge is 0.300 e. The average Bonchev–Trinajstić information content (AvgIpc) is 3.30. The molecule has 1 atom stereocenters. The average molecular weight is 507 g/mol. The molecule has 1 aliphatic heterocycles. The van der Waals surface area contributed by atoms with Gasteiger partial charge in [0.15, 0.2) is 5.75 Å². The number of benzene rings is 2. The van der Waals surface area contributed by atoms with Crippen LogP contribution < -0.4 is 9.64 Å². The van der Waals surface area contributed by atoms with Gasteiger partial charge in [0.1, 0.15) is 23.3 Å². The van der Waals surface area contributed by atoms with Crippen LogP contribution in [0.2, 0.25) is 15.1 Å². The van der Waals surface area contributed by atoms with Crippen LogP contribution in [0.4, 0.5) is 5.69 Å². The van der Waals surface area contributed by atoms with Gasteiger partial charge >= 0.3 is 0 Å². The quantitative estimate of drug-likeness (QED) is 0.248. The number of ether oxygens (including phenoxy) is 1. The van der Waals surface area contributed by atoms with Gasteiger partial charge in [0.25, 0.3) is 11.7 Å². The number of anilines is 1. The van der Waals surface area contributed by atoms with E-state index in [0.29, 0.717) is 22.2 Å². The van der Waals surface area contributed by atoms with Crippen LogP contribution in [0.25, 0.3) is 5.76 Å². The minimum Gasteiger partial charge on any atom is -0.507 e. The van der Waals surface area contributed by atoms with Crippen molar-refractivity contribution in [2.45, 2.75) is 19.9 Å². The number of carbonyl (C=O) groups excluding carboxylic acids is 2. The van der Waals surface area contributed by atoms with Crippen molar-refractivity contribution in [3.63, 3.8) is 0 Å². The zero-order chi connectivity index (χ0) is 24.0. The van der Waals surface area contributed by atoms with Crippen LogP contribution in [0.1, 0.15) is 28.7 Å². The number of furan rings is 1. The Hall–Kier alpha value is -2.93. The molecule has 4 rings (SSSR count). The summed E-state index contributed by atoms with van der Waals surface area (Å²) in [5.41, 5.74) is 1.18. The maximum Gasteiger partial charge on any atom is 0.300 e. The van der Waals surface area contributed by atoms with Crippen molar-refractivity contribution in [3.05, 3.63) is 85.8 Å². The van der Waals surface area contributed by atoms with E-state index in [2.05, 4.69) is 0 Å². The molecule has 1 N–H and O–H groups in total. The first kappa shape index (κ1) is 23.2. The number of hydrogen-bond donors (Lipinski definition) is 1. The lowest BCUT2D eigenvalue weighted by molar-refractivity contribution is -0.132. The molecule has 0 bridgehead atoms. The molecule has 1 aliphatic rings. The Morgan fingerprint density at radius 3 is 2.21 bits per heavy atom. The summed E-state index contributed by atoms with van der Waals surface area (Å²) in [4.78, 5) is 27.6. The molecular weight excluding hydrogens is 489 g/mol. The number of amides is 1. The molecule has 9 heteroatoms. The minimum atomic E-state index is -1.03. The number of ketones is 1. The molecule has 1 unspecified atom stereocenters. The van der Waals surface area contributed by atoms with E-state index in [1.54, 1.807) is 37.3 Å². The van der Waals surface area contributed by atoms with E-state index in [-0.39, 0.29) is 26.9 Å². The van der Waals surface area contributed by atoms with Gasteiger partial charge in [-0.1, -0.05) is 40.9 Å². The molecule has 0 spiro atoms. The molecule has 33 heavy (non-hydrogen) atoms. The van der Waals surface area contributed by atoms with E-state index >= 15 is 0 Å². The number of halogens is 3. The Kier molecular flexibility index (Phi) is 6.18. The fourth-order valence-electron chi connectivity index (χ4n) is 3.75. The van der Waals surface area contributed by atoms with Gasteiger partial charge in [0.05, 0.1) is 22.7 Å². The summed E-state index contributed by atoms with van der Waals surface area (Å²) >= 11 is 18.7. The summed E-state index contributed by atoms with van der Waals surface area (Å²) < 4.78 is 10.9. The molecule has 1 amide bonds. The van der Waals surface area contributed by atoms with Crippen LogP contribution in [-0.4, -0.2) is 23.9 Å². The van der Waals surface area contributed by atoms with Gasteiger partial charge in [-0.25, -0.2) is 0 Å². The van der Waals surface area contributed by atoms with Gasteiger partial charge < -0.3 is 14.3 Å². The van der Waals surface area contributed by atoms with E-state index in [1.807, 2.05) is 6.92 Å². The van der Waals surface area contributed by atoms with Crippen molar-refractivity contribution in [1.29, 1.82) is 0 Å². The fourth-order valence-corrected chi connectivity index (χ4v) is 4.56. The molecule has 1 aromatic heterocycles. The number of hydrogen-bond acceptors (Lipinski definition) is 5. The van der Waals surface area contributed by atoms with Gasteiger partial charge in [-0.3, -0.25) is 14.5 Å². The Balaban J connectivity index is 1.95. The van der Waals surface area contributed by atoms with Crippen molar-refractivity contribution in [1.82, 2.24) is 0 Å². The predicted molar refractivity (Wildman–Crippen MR) is 127 cm³/mol. The lowest BCUT2D eigenvalue weighted by Crippen LogP contribution is -2.29. The van der Waals surface area contributed by atoms with E-state index in [1.165, 1.54) is 24.1 Å². The number of aliphatic hydroxyl groups excluding tert-OH is 1.